The minimum absolute atomic E-state index is 0.410. The molecule has 0 radical (unpaired) electrons. The number of nitrogens with one attached hydrogen (secondary N) is 1. The molecule has 1 aromatic carbocycles. The second-order valence-corrected chi connectivity index (χ2v) is 5.59. The first-order chi connectivity index (χ1) is 10.5. The summed E-state index contributed by atoms with van der Waals surface area (Å²) in [7, 11) is 1.52. The average molecular weight is 319 g/mol. The Morgan fingerprint density at radius 3 is 2.59 bits per heavy atom. The van der Waals surface area contributed by atoms with Crippen LogP contribution in [0.2, 0.25) is 0 Å². The van der Waals surface area contributed by atoms with Crippen molar-refractivity contribution < 1.29 is 19.1 Å². The fourth-order valence-corrected chi connectivity index (χ4v) is 2.64. The number of hydrogen-bond acceptors (Lipinski definition) is 5. The number of rotatable bonds is 5. The van der Waals surface area contributed by atoms with Gasteiger partial charge in [0.2, 0.25) is 0 Å². The number of ether oxygens (including phenoxy) is 2. The zero-order valence-electron chi connectivity index (χ0n) is 12.6. The Bertz CT molecular complexity index is 680. The van der Waals surface area contributed by atoms with Gasteiger partial charge in [-0.25, -0.2) is 4.79 Å². The summed E-state index contributed by atoms with van der Waals surface area (Å²) in [5.41, 5.74) is 1.37. The van der Waals surface area contributed by atoms with E-state index >= 15 is 0 Å². The molecule has 0 aliphatic carbocycles. The molecular weight excluding hydrogens is 302 g/mol. The maximum absolute atomic E-state index is 12.1. The summed E-state index contributed by atoms with van der Waals surface area (Å²) in [6.45, 7) is 3.36. The van der Waals surface area contributed by atoms with E-state index in [1.165, 1.54) is 25.4 Å². The lowest BCUT2D eigenvalue weighted by atomic mass is 10.2. The Kier molecular flexibility index (Phi) is 5.16. The molecule has 5 nitrogen and oxygen atoms in total. The number of para-hydroxylation sites is 2. The van der Waals surface area contributed by atoms with Gasteiger partial charge in [0.05, 0.1) is 12.8 Å². The van der Waals surface area contributed by atoms with Gasteiger partial charge in [0.1, 0.15) is 10.6 Å². The summed E-state index contributed by atoms with van der Waals surface area (Å²) < 4.78 is 10.4. The number of carbonyl (C=O) groups excluding carboxylic acids is 2. The highest BCUT2D eigenvalue weighted by atomic mass is 32.1. The first-order valence-electron chi connectivity index (χ1n) is 6.72. The first-order valence-corrected chi connectivity index (χ1v) is 7.60. The lowest BCUT2D eigenvalue weighted by Gasteiger charge is -2.15. The van der Waals surface area contributed by atoms with Crippen LogP contribution in [0.5, 0.6) is 5.75 Å². The molecule has 0 fully saturated rings. The van der Waals surface area contributed by atoms with E-state index in [1.807, 2.05) is 18.4 Å². The summed E-state index contributed by atoms with van der Waals surface area (Å²) in [5.74, 6) is -0.356. The van der Waals surface area contributed by atoms with Gasteiger partial charge in [-0.3, -0.25) is 4.79 Å². The lowest BCUT2D eigenvalue weighted by Crippen LogP contribution is -2.30. The molecule has 22 heavy (non-hydrogen) atoms. The Balaban J connectivity index is 2.01. The highest BCUT2D eigenvalue weighted by Crippen LogP contribution is 2.23. The zero-order valence-corrected chi connectivity index (χ0v) is 13.4. The normalized spacial score (nSPS) is 11.6. The van der Waals surface area contributed by atoms with Crippen molar-refractivity contribution in [2.75, 3.05) is 12.4 Å². The second-order valence-electron chi connectivity index (χ2n) is 4.67. The molecule has 0 aliphatic heterocycles. The van der Waals surface area contributed by atoms with E-state index in [2.05, 4.69) is 5.32 Å². The number of esters is 1. The van der Waals surface area contributed by atoms with Crippen LogP contribution in [0.1, 0.15) is 22.2 Å². The van der Waals surface area contributed by atoms with Gasteiger partial charge in [-0.15, -0.1) is 11.3 Å². The van der Waals surface area contributed by atoms with Gasteiger partial charge in [-0.1, -0.05) is 12.1 Å². The van der Waals surface area contributed by atoms with Crippen molar-refractivity contribution in [2.24, 2.45) is 0 Å². The van der Waals surface area contributed by atoms with Gasteiger partial charge in [-0.05, 0) is 43.0 Å². The van der Waals surface area contributed by atoms with E-state index in [-0.39, 0.29) is 0 Å². The predicted molar refractivity (Wildman–Crippen MR) is 85.6 cm³/mol. The summed E-state index contributed by atoms with van der Waals surface area (Å²) in [6.07, 6.45) is -0.904. The Hall–Kier alpha value is -2.34. The smallest absolute Gasteiger partial charge is 0.349 e. The molecule has 2 rings (SSSR count). The summed E-state index contributed by atoms with van der Waals surface area (Å²) >= 11 is 1.30. The van der Waals surface area contributed by atoms with Gasteiger partial charge in [0, 0.05) is 0 Å². The maximum atomic E-state index is 12.1. The molecule has 1 heterocycles. The molecule has 1 amide bonds. The van der Waals surface area contributed by atoms with E-state index < -0.39 is 18.0 Å². The van der Waals surface area contributed by atoms with E-state index in [0.29, 0.717) is 16.3 Å². The SMILES string of the molecule is COc1ccccc1NC(=O)[C@H](C)OC(=O)c1sccc1C. The number of amides is 1. The van der Waals surface area contributed by atoms with Gasteiger partial charge in [0.15, 0.2) is 6.10 Å². The van der Waals surface area contributed by atoms with E-state index in [1.54, 1.807) is 24.3 Å². The van der Waals surface area contributed by atoms with Gasteiger partial charge < -0.3 is 14.8 Å². The van der Waals surface area contributed by atoms with Crippen LogP contribution in [0.3, 0.4) is 0 Å². The fourth-order valence-electron chi connectivity index (χ4n) is 1.83. The minimum Gasteiger partial charge on any atom is -0.495 e. The van der Waals surface area contributed by atoms with E-state index in [9.17, 15) is 9.59 Å². The minimum atomic E-state index is -0.904. The highest BCUT2D eigenvalue weighted by Gasteiger charge is 2.21. The Morgan fingerprint density at radius 2 is 1.95 bits per heavy atom. The fraction of sp³-hybridized carbons (Fsp3) is 0.250. The van der Waals surface area contributed by atoms with Crippen LogP contribution < -0.4 is 10.1 Å². The number of anilines is 1. The molecule has 0 saturated carbocycles. The van der Waals surface area contributed by atoms with Crippen LogP contribution >= 0.6 is 11.3 Å². The molecule has 0 unspecified atom stereocenters. The average Bonchev–Trinajstić information content (AvgIpc) is 2.93. The van der Waals surface area contributed by atoms with Gasteiger partial charge in [0.25, 0.3) is 5.91 Å². The Morgan fingerprint density at radius 1 is 1.23 bits per heavy atom. The predicted octanol–water partition coefficient (Wildman–Crippen LogP) is 3.25. The van der Waals surface area contributed by atoms with Crippen LogP contribution in [-0.4, -0.2) is 25.1 Å². The zero-order chi connectivity index (χ0) is 16.1. The number of carbonyl (C=O) groups is 2. The standard InChI is InChI=1S/C16H17NO4S/c1-10-8-9-22-14(10)16(19)21-11(2)15(18)17-12-6-4-5-7-13(12)20-3/h4-9,11H,1-3H3,(H,17,18)/t11-/m0/s1. The number of aryl methyl sites for hydroxylation is 1. The highest BCUT2D eigenvalue weighted by molar-refractivity contribution is 7.12. The molecule has 2 aromatic rings. The van der Waals surface area contributed by atoms with Gasteiger partial charge >= 0.3 is 5.97 Å². The Labute approximate surface area is 132 Å². The number of benzene rings is 1. The first kappa shape index (κ1) is 16.0. The van der Waals surface area contributed by atoms with Crippen molar-refractivity contribution in [3.05, 3.63) is 46.2 Å². The lowest BCUT2D eigenvalue weighted by molar-refractivity contribution is -0.123. The van der Waals surface area contributed by atoms with Crippen molar-refractivity contribution in [2.45, 2.75) is 20.0 Å². The summed E-state index contributed by atoms with van der Waals surface area (Å²) in [6, 6.07) is 8.87. The van der Waals surface area contributed by atoms with Crippen LogP contribution in [0.4, 0.5) is 5.69 Å². The monoisotopic (exact) mass is 319 g/mol. The molecule has 1 aromatic heterocycles. The summed E-state index contributed by atoms with van der Waals surface area (Å²) in [5, 5.41) is 4.50. The van der Waals surface area contributed by atoms with Gasteiger partial charge in [-0.2, -0.15) is 0 Å². The molecular formula is C16H17NO4S. The van der Waals surface area contributed by atoms with Crippen molar-refractivity contribution >= 4 is 28.9 Å². The molecule has 116 valence electrons. The van der Waals surface area contributed by atoms with Crippen molar-refractivity contribution in [1.82, 2.24) is 0 Å². The second kappa shape index (κ2) is 7.09. The number of hydrogen-bond donors (Lipinski definition) is 1. The topological polar surface area (TPSA) is 64.6 Å². The third-order valence-electron chi connectivity index (χ3n) is 3.07. The molecule has 0 spiro atoms. The van der Waals surface area contributed by atoms with Crippen LogP contribution in [0, 0.1) is 6.92 Å². The molecule has 0 bridgehead atoms. The summed E-state index contributed by atoms with van der Waals surface area (Å²) in [4.78, 5) is 24.6. The maximum Gasteiger partial charge on any atom is 0.349 e. The molecule has 0 saturated heterocycles. The quantitative estimate of drug-likeness (QED) is 0.859. The molecule has 1 N–H and O–H groups in total. The van der Waals surface area contributed by atoms with E-state index in [4.69, 9.17) is 9.47 Å². The number of methoxy groups -OCH3 is 1. The van der Waals surface area contributed by atoms with Crippen LogP contribution in [0.25, 0.3) is 0 Å². The third kappa shape index (κ3) is 3.65. The van der Waals surface area contributed by atoms with Crippen molar-refractivity contribution in [3.63, 3.8) is 0 Å². The molecule has 1 atom stereocenters. The molecule has 0 aliphatic rings. The third-order valence-corrected chi connectivity index (χ3v) is 4.06. The molecule has 6 heteroatoms. The van der Waals surface area contributed by atoms with Crippen molar-refractivity contribution in [1.29, 1.82) is 0 Å². The van der Waals surface area contributed by atoms with Crippen LogP contribution in [-0.2, 0) is 9.53 Å². The largest absolute Gasteiger partial charge is 0.495 e. The van der Waals surface area contributed by atoms with E-state index in [0.717, 1.165) is 5.56 Å². The van der Waals surface area contributed by atoms with Crippen molar-refractivity contribution in [3.8, 4) is 5.75 Å². The number of thiophene rings is 1. The van der Waals surface area contributed by atoms with Crippen LogP contribution in [0.15, 0.2) is 35.7 Å².